The largest absolute Gasteiger partial charge is 0.0622 e. The molecule has 0 heterocycles. The van der Waals surface area contributed by atoms with E-state index in [9.17, 15) is 0 Å². The van der Waals surface area contributed by atoms with E-state index < -0.39 is 0 Å². The molecular formula is C17H18. The lowest BCUT2D eigenvalue weighted by molar-refractivity contribution is 0.732. The molecule has 0 radical (unpaired) electrons. The number of hydrogen-bond donors (Lipinski definition) is 0. The highest BCUT2D eigenvalue weighted by molar-refractivity contribution is 5.48. The Labute approximate surface area is 103 Å². The van der Waals surface area contributed by atoms with Crippen molar-refractivity contribution in [1.29, 1.82) is 0 Å². The fraction of sp³-hybridized carbons (Fsp3) is 0.294. The fourth-order valence-corrected chi connectivity index (χ4v) is 3.42. The lowest BCUT2D eigenvalue weighted by Gasteiger charge is -2.19. The summed E-state index contributed by atoms with van der Waals surface area (Å²) in [4.78, 5) is 0. The maximum atomic E-state index is 2.37. The average Bonchev–Trinajstić information content (AvgIpc) is 2.95. The minimum Gasteiger partial charge on any atom is -0.0622 e. The summed E-state index contributed by atoms with van der Waals surface area (Å²) in [5.41, 5.74) is 3.18. The van der Waals surface area contributed by atoms with E-state index in [4.69, 9.17) is 0 Å². The molecular weight excluding hydrogens is 204 g/mol. The second kappa shape index (κ2) is 3.73. The van der Waals surface area contributed by atoms with Crippen LogP contribution in [-0.2, 0) is 5.41 Å². The van der Waals surface area contributed by atoms with Crippen molar-refractivity contribution < 1.29 is 0 Å². The highest BCUT2D eigenvalue weighted by Gasteiger charge is 2.60. The Morgan fingerprint density at radius 3 is 1.29 bits per heavy atom. The summed E-state index contributed by atoms with van der Waals surface area (Å²) in [5.74, 6) is 1.46. The summed E-state index contributed by atoms with van der Waals surface area (Å²) in [6.07, 6.45) is 0. The van der Waals surface area contributed by atoms with Crippen LogP contribution in [0.4, 0.5) is 0 Å². The van der Waals surface area contributed by atoms with Gasteiger partial charge in [-0.05, 0) is 23.0 Å². The van der Waals surface area contributed by atoms with Gasteiger partial charge >= 0.3 is 0 Å². The molecule has 0 amide bonds. The zero-order chi connectivity index (χ0) is 11.9. The molecule has 0 aromatic heterocycles. The van der Waals surface area contributed by atoms with Crippen LogP contribution < -0.4 is 0 Å². The van der Waals surface area contributed by atoms with Crippen LogP contribution in [0.3, 0.4) is 0 Å². The van der Waals surface area contributed by atoms with Gasteiger partial charge in [0.1, 0.15) is 0 Å². The summed E-state index contributed by atoms with van der Waals surface area (Å²) >= 11 is 0. The number of benzene rings is 2. The molecule has 0 N–H and O–H groups in total. The van der Waals surface area contributed by atoms with Crippen LogP contribution in [0.1, 0.15) is 25.0 Å². The van der Waals surface area contributed by atoms with Gasteiger partial charge in [-0.3, -0.25) is 0 Å². The maximum absolute atomic E-state index is 2.37. The first-order valence-corrected chi connectivity index (χ1v) is 6.39. The maximum Gasteiger partial charge on any atom is 0.0259 e. The average molecular weight is 222 g/mol. The third-order valence-electron chi connectivity index (χ3n) is 4.58. The second-order valence-electron chi connectivity index (χ2n) is 5.18. The van der Waals surface area contributed by atoms with E-state index in [-0.39, 0.29) is 5.41 Å². The first-order chi connectivity index (χ1) is 8.28. The summed E-state index contributed by atoms with van der Waals surface area (Å²) in [6.45, 7) is 4.73. The highest BCUT2D eigenvalue weighted by Crippen LogP contribution is 2.63. The minimum atomic E-state index is 0.252. The van der Waals surface area contributed by atoms with E-state index in [0.29, 0.717) is 0 Å². The van der Waals surface area contributed by atoms with Crippen LogP contribution in [-0.4, -0.2) is 0 Å². The second-order valence-corrected chi connectivity index (χ2v) is 5.18. The van der Waals surface area contributed by atoms with Crippen molar-refractivity contribution in [2.75, 3.05) is 0 Å². The van der Waals surface area contributed by atoms with Crippen molar-refractivity contribution >= 4 is 0 Å². The number of hydrogen-bond acceptors (Lipinski definition) is 0. The van der Waals surface area contributed by atoms with Crippen molar-refractivity contribution in [2.24, 2.45) is 11.8 Å². The summed E-state index contributed by atoms with van der Waals surface area (Å²) in [5, 5.41) is 0. The summed E-state index contributed by atoms with van der Waals surface area (Å²) in [7, 11) is 0. The van der Waals surface area contributed by atoms with E-state index in [1.54, 1.807) is 0 Å². The third kappa shape index (κ3) is 1.37. The van der Waals surface area contributed by atoms with Crippen molar-refractivity contribution in [3.05, 3.63) is 71.8 Å². The van der Waals surface area contributed by atoms with Crippen molar-refractivity contribution in [3.8, 4) is 0 Å². The Balaban J connectivity index is 2.14. The molecule has 3 rings (SSSR count). The molecule has 0 bridgehead atoms. The Bertz CT molecular complexity index is 449. The van der Waals surface area contributed by atoms with Crippen molar-refractivity contribution in [2.45, 2.75) is 19.3 Å². The van der Waals surface area contributed by atoms with E-state index >= 15 is 0 Å². The van der Waals surface area contributed by atoms with Gasteiger partial charge in [-0.25, -0.2) is 0 Å². The van der Waals surface area contributed by atoms with Crippen LogP contribution in [0.5, 0.6) is 0 Å². The quantitative estimate of drug-likeness (QED) is 0.712. The number of rotatable bonds is 2. The SMILES string of the molecule is C[C@@H]1[C@H](C)C1(c1ccccc1)c1ccccc1. The molecule has 2 aromatic carbocycles. The molecule has 1 aliphatic rings. The van der Waals surface area contributed by atoms with Gasteiger partial charge in [-0.15, -0.1) is 0 Å². The van der Waals surface area contributed by atoms with Gasteiger partial charge in [0.2, 0.25) is 0 Å². The Hall–Kier alpha value is -1.56. The van der Waals surface area contributed by atoms with Gasteiger partial charge in [-0.2, -0.15) is 0 Å². The van der Waals surface area contributed by atoms with Gasteiger partial charge in [0.15, 0.2) is 0 Å². The van der Waals surface area contributed by atoms with Gasteiger partial charge in [0.25, 0.3) is 0 Å². The smallest absolute Gasteiger partial charge is 0.0259 e. The molecule has 1 saturated carbocycles. The summed E-state index contributed by atoms with van der Waals surface area (Å²) in [6, 6.07) is 21.9. The van der Waals surface area contributed by atoms with Crippen LogP contribution in [0.15, 0.2) is 60.7 Å². The van der Waals surface area contributed by atoms with E-state index in [0.717, 1.165) is 11.8 Å². The predicted molar refractivity (Wildman–Crippen MR) is 72.0 cm³/mol. The standard InChI is InChI=1S/C17H18/c1-13-14(2)17(13,15-9-5-3-6-10-15)16-11-7-4-8-12-16/h3-14H,1-2H3/t13-,14+. The van der Waals surface area contributed by atoms with Crippen molar-refractivity contribution in [3.63, 3.8) is 0 Å². The van der Waals surface area contributed by atoms with E-state index in [1.165, 1.54) is 11.1 Å². The van der Waals surface area contributed by atoms with Crippen molar-refractivity contribution in [1.82, 2.24) is 0 Å². The molecule has 2 aromatic rings. The molecule has 0 unspecified atom stereocenters. The molecule has 17 heavy (non-hydrogen) atoms. The zero-order valence-corrected chi connectivity index (χ0v) is 10.4. The summed E-state index contributed by atoms with van der Waals surface area (Å²) < 4.78 is 0. The predicted octanol–water partition coefficient (Wildman–Crippen LogP) is 4.26. The molecule has 1 aliphatic carbocycles. The van der Waals surface area contributed by atoms with Crippen LogP contribution >= 0.6 is 0 Å². The topological polar surface area (TPSA) is 0 Å². The Morgan fingerprint density at radius 1 is 0.647 bits per heavy atom. The van der Waals surface area contributed by atoms with Crippen LogP contribution in [0, 0.1) is 11.8 Å². The molecule has 86 valence electrons. The molecule has 0 aliphatic heterocycles. The first-order valence-electron chi connectivity index (χ1n) is 6.39. The molecule has 1 fully saturated rings. The Kier molecular flexibility index (Phi) is 2.32. The molecule has 2 atom stereocenters. The van der Waals surface area contributed by atoms with E-state index in [1.807, 2.05) is 0 Å². The highest BCUT2D eigenvalue weighted by atomic mass is 14.6. The molecule has 0 heteroatoms. The van der Waals surface area contributed by atoms with Gasteiger partial charge in [0, 0.05) is 5.41 Å². The normalized spacial score (nSPS) is 25.5. The van der Waals surface area contributed by atoms with Gasteiger partial charge in [-0.1, -0.05) is 74.5 Å². The minimum absolute atomic E-state index is 0.252. The van der Waals surface area contributed by atoms with Gasteiger partial charge < -0.3 is 0 Å². The Morgan fingerprint density at radius 2 is 1.00 bits per heavy atom. The van der Waals surface area contributed by atoms with Crippen LogP contribution in [0.2, 0.25) is 0 Å². The van der Waals surface area contributed by atoms with Gasteiger partial charge in [0.05, 0.1) is 0 Å². The first kappa shape index (κ1) is 10.6. The third-order valence-corrected chi connectivity index (χ3v) is 4.58. The molecule has 0 saturated heterocycles. The monoisotopic (exact) mass is 222 g/mol. The van der Waals surface area contributed by atoms with E-state index in [2.05, 4.69) is 74.5 Å². The zero-order valence-electron chi connectivity index (χ0n) is 10.4. The lowest BCUT2D eigenvalue weighted by Crippen LogP contribution is -2.12. The molecule has 0 spiro atoms. The van der Waals surface area contributed by atoms with Crippen LogP contribution in [0.25, 0.3) is 0 Å². The lowest BCUT2D eigenvalue weighted by atomic mass is 9.84. The fourth-order valence-electron chi connectivity index (χ4n) is 3.42. The molecule has 0 nitrogen and oxygen atoms in total.